The van der Waals surface area contributed by atoms with Gasteiger partial charge in [-0.3, -0.25) is 4.79 Å². The largest absolute Gasteiger partial charge is 0.481 e. The van der Waals surface area contributed by atoms with Crippen LogP contribution in [0.5, 0.6) is 0 Å². The van der Waals surface area contributed by atoms with Crippen molar-refractivity contribution in [1.82, 2.24) is 4.90 Å². The molecule has 1 unspecified atom stereocenters. The molecule has 1 atom stereocenters. The summed E-state index contributed by atoms with van der Waals surface area (Å²) in [6.45, 7) is 5.97. The predicted octanol–water partition coefficient (Wildman–Crippen LogP) is 2.71. The topological polar surface area (TPSA) is 69.6 Å². The first-order valence-corrected chi connectivity index (χ1v) is 6.30. The number of carbonyl (C=O) groups excluding carboxylic acids is 1. The third kappa shape index (κ3) is 4.62. The van der Waals surface area contributed by atoms with Crippen molar-refractivity contribution in [1.29, 1.82) is 0 Å². The van der Waals surface area contributed by atoms with Crippen molar-refractivity contribution in [2.75, 3.05) is 11.9 Å². The van der Waals surface area contributed by atoms with Gasteiger partial charge in [-0.15, -0.1) is 0 Å². The molecule has 0 aliphatic carbocycles. The van der Waals surface area contributed by atoms with Crippen LogP contribution in [0.1, 0.15) is 25.8 Å². The van der Waals surface area contributed by atoms with Crippen LogP contribution in [0.3, 0.4) is 0 Å². The zero-order valence-electron chi connectivity index (χ0n) is 11.5. The van der Waals surface area contributed by atoms with Gasteiger partial charge in [0.15, 0.2) is 0 Å². The quantitative estimate of drug-likeness (QED) is 0.859. The summed E-state index contributed by atoms with van der Waals surface area (Å²) in [5, 5.41) is 11.6. The molecule has 0 aliphatic rings. The standard InChI is InChI=1S/C14H20N2O3/c1-4-16(11(3)9-13(17)18)14(19)15-12-7-5-6-10(2)8-12/h5-8,11H,4,9H2,1-3H3,(H,15,19)(H,17,18). The fraction of sp³-hybridized carbons (Fsp3) is 0.429. The number of hydrogen-bond donors (Lipinski definition) is 2. The van der Waals surface area contributed by atoms with E-state index >= 15 is 0 Å². The lowest BCUT2D eigenvalue weighted by molar-refractivity contribution is -0.137. The van der Waals surface area contributed by atoms with Crippen LogP contribution in [0.25, 0.3) is 0 Å². The number of aryl methyl sites for hydroxylation is 1. The third-order valence-electron chi connectivity index (χ3n) is 2.87. The van der Waals surface area contributed by atoms with E-state index < -0.39 is 5.97 Å². The van der Waals surface area contributed by atoms with Crippen molar-refractivity contribution in [2.24, 2.45) is 0 Å². The van der Waals surface area contributed by atoms with Crippen LogP contribution < -0.4 is 5.32 Å². The molecule has 1 aromatic rings. The number of aliphatic carboxylic acids is 1. The summed E-state index contributed by atoms with van der Waals surface area (Å²) < 4.78 is 0. The highest BCUT2D eigenvalue weighted by atomic mass is 16.4. The monoisotopic (exact) mass is 264 g/mol. The van der Waals surface area contributed by atoms with Crippen LogP contribution in [0.2, 0.25) is 0 Å². The van der Waals surface area contributed by atoms with Gasteiger partial charge in [0.25, 0.3) is 0 Å². The first-order valence-electron chi connectivity index (χ1n) is 6.30. The molecule has 104 valence electrons. The fourth-order valence-electron chi connectivity index (χ4n) is 1.94. The van der Waals surface area contributed by atoms with E-state index in [1.165, 1.54) is 4.90 Å². The molecule has 0 spiro atoms. The van der Waals surface area contributed by atoms with E-state index in [4.69, 9.17) is 5.11 Å². The Hall–Kier alpha value is -2.04. The summed E-state index contributed by atoms with van der Waals surface area (Å²) in [7, 11) is 0. The molecule has 0 aromatic heterocycles. The Labute approximate surface area is 113 Å². The molecule has 0 radical (unpaired) electrons. The van der Waals surface area contributed by atoms with Crippen molar-refractivity contribution in [3.8, 4) is 0 Å². The van der Waals surface area contributed by atoms with Gasteiger partial charge in [-0.2, -0.15) is 0 Å². The number of nitrogens with one attached hydrogen (secondary N) is 1. The second kappa shape index (κ2) is 6.78. The number of hydrogen-bond acceptors (Lipinski definition) is 2. The van der Waals surface area contributed by atoms with Crippen molar-refractivity contribution in [2.45, 2.75) is 33.2 Å². The number of carboxylic acids is 1. The van der Waals surface area contributed by atoms with Crippen molar-refractivity contribution in [3.63, 3.8) is 0 Å². The van der Waals surface area contributed by atoms with Gasteiger partial charge in [-0.25, -0.2) is 4.79 Å². The molecule has 1 rings (SSSR count). The molecular formula is C14H20N2O3. The highest BCUT2D eigenvalue weighted by Crippen LogP contribution is 2.12. The fourth-order valence-corrected chi connectivity index (χ4v) is 1.94. The average Bonchev–Trinajstić information content (AvgIpc) is 2.28. The molecule has 0 fully saturated rings. The minimum atomic E-state index is -0.908. The molecule has 2 amide bonds. The average molecular weight is 264 g/mol. The smallest absolute Gasteiger partial charge is 0.322 e. The van der Waals surface area contributed by atoms with Gasteiger partial charge in [0.05, 0.1) is 6.42 Å². The minimum Gasteiger partial charge on any atom is -0.481 e. The van der Waals surface area contributed by atoms with Gasteiger partial charge >= 0.3 is 12.0 Å². The highest BCUT2D eigenvalue weighted by molar-refractivity contribution is 5.89. The van der Waals surface area contributed by atoms with E-state index in [0.717, 1.165) is 5.56 Å². The van der Waals surface area contributed by atoms with Crippen LogP contribution in [-0.2, 0) is 4.79 Å². The van der Waals surface area contributed by atoms with Crippen LogP contribution in [-0.4, -0.2) is 34.6 Å². The summed E-state index contributed by atoms with van der Waals surface area (Å²) in [6, 6.07) is 6.87. The van der Waals surface area contributed by atoms with Gasteiger partial charge in [0, 0.05) is 18.3 Å². The normalized spacial score (nSPS) is 11.7. The van der Waals surface area contributed by atoms with E-state index in [-0.39, 0.29) is 18.5 Å². The van der Waals surface area contributed by atoms with E-state index in [1.54, 1.807) is 13.0 Å². The van der Waals surface area contributed by atoms with Crippen molar-refractivity contribution < 1.29 is 14.7 Å². The van der Waals surface area contributed by atoms with E-state index in [1.807, 2.05) is 32.0 Å². The van der Waals surface area contributed by atoms with Crippen LogP contribution in [0.4, 0.5) is 10.5 Å². The Kier molecular flexibility index (Phi) is 5.36. The molecule has 2 N–H and O–H groups in total. The molecule has 0 aliphatic heterocycles. The maximum Gasteiger partial charge on any atom is 0.322 e. The lowest BCUT2D eigenvalue weighted by atomic mass is 10.2. The predicted molar refractivity (Wildman–Crippen MR) is 74.3 cm³/mol. The SMILES string of the molecule is CCN(C(=O)Nc1cccc(C)c1)C(C)CC(=O)O. The number of carboxylic acid groups (broad SMARTS) is 1. The number of carbonyl (C=O) groups is 2. The molecule has 0 heterocycles. The molecule has 0 saturated heterocycles. The van der Waals surface area contributed by atoms with Crippen molar-refractivity contribution in [3.05, 3.63) is 29.8 Å². The van der Waals surface area contributed by atoms with E-state index in [0.29, 0.717) is 12.2 Å². The zero-order valence-corrected chi connectivity index (χ0v) is 11.5. The maximum atomic E-state index is 12.1. The molecule has 5 heteroatoms. The maximum absolute atomic E-state index is 12.1. The number of rotatable bonds is 5. The second-order valence-corrected chi connectivity index (χ2v) is 4.53. The van der Waals surface area contributed by atoms with E-state index in [9.17, 15) is 9.59 Å². The molecule has 19 heavy (non-hydrogen) atoms. The number of benzene rings is 1. The Morgan fingerprint density at radius 2 is 2.11 bits per heavy atom. The summed E-state index contributed by atoms with van der Waals surface area (Å²) in [4.78, 5) is 24.3. The van der Waals surface area contributed by atoms with Gasteiger partial charge in [0.1, 0.15) is 0 Å². The number of anilines is 1. The second-order valence-electron chi connectivity index (χ2n) is 4.53. The lowest BCUT2D eigenvalue weighted by Crippen LogP contribution is -2.42. The summed E-state index contributed by atoms with van der Waals surface area (Å²) in [5.41, 5.74) is 1.77. The Bertz CT molecular complexity index is 460. The molecule has 0 bridgehead atoms. The van der Waals surface area contributed by atoms with Crippen LogP contribution in [0, 0.1) is 6.92 Å². The van der Waals surface area contributed by atoms with Crippen LogP contribution >= 0.6 is 0 Å². The molecular weight excluding hydrogens is 244 g/mol. The van der Waals surface area contributed by atoms with Gasteiger partial charge in [-0.05, 0) is 38.5 Å². The summed E-state index contributed by atoms with van der Waals surface area (Å²) >= 11 is 0. The Balaban J connectivity index is 2.71. The molecule has 0 saturated carbocycles. The lowest BCUT2D eigenvalue weighted by Gasteiger charge is -2.27. The van der Waals surface area contributed by atoms with Crippen molar-refractivity contribution >= 4 is 17.7 Å². The van der Waals surface area contributed by atoms with Gasteiger partial charge in [0.2, 0.25) is 0 Å². The summed E-state index contributed by atoms with van der Waals surface area (Å²) in [6.07, 6.45) is -0.0604. The first kappa shape index (κ1) is 15.0. The Morgan fingerprint density at radius 1 is 1.42 bits per heavy atom. The van der Waals surface area contributed by atoms with Crippen LogP contribution in [0.15, 0.2) is 24.3 Å². The third-order valence-corrected chi connectivity index (χ3v) is 2.87. The molecule has 5 nitrogen and oxygen atoms in total. The van der Waals surface area contributed by atoms with Gasteiger partial charge < -0.3 is 15.3 Å². The number of amides is 2. The number of urea groups is 1. The zero-order chi connectivity index (χ0) is 14.4. The van der Waals surface area contributed by atoms with E-state index in [2.05, 4.69) is 5.32 Å². The number of nitrogens with zero attached hydrogens (tertiary/aromatic N) is 1. The molecule has 1 aromatic carbocycles. The first-order chi connectivity index (χ1) is 8.93. The summed E-state index contributed by atoms with van der Waals surface area (Å²) in [5.74, 6) is -0.908. The minimum absolute atomic E-state index is 0.0604. The highest BCUT2D eigenvalue weighted by Gasteiger charge is 2.20. The Morgan fingerprint density at radius 3 is 2.63 bits per heavy atom. The van der Waals surface area contributed by atoms with Gasteiger partial charge in [-0.1, -0.05) is 12.1 Å².